The van der Waals surface area contributed by atoms with Crippen LogP contribution in [0.4, 0.5) is 0 Å². The first-order valence-electron chi connectivity index (χ1n) is 12.6. The van der Waals surface area contributed by atoms with E-state index in [4.69, 9.17) is 23.2 Å². The number of rotatable bonds is 7. The number of likely N-dealkylation sites (tertiary alicyclic amines) is 2. The number of aliphatic hydroxyl groups is 1. The molecule has 4 rings (SSSR count). The van der Waals surface area contributed by atoms with Gasteiger partial charge in [0.15, 0.2) is 0 Å². The highest BCUT2D eigenvalue weighted by atomic mass is 35.5. The van der Waals surface area contributed by atoms with Crippen molar-refractivity contribution in [1.29, 1.82) is 0 Å². The van der Waals surface area contributed by atoms with Gasteiger partial charge in [0.1, 0.15) is 0 Å². The highest BCUT2D eigenvalue weighted by Crippen LogP contribution is 2.41. The van der Waals surface area contributed by atoms with E-state index in [0.717, 1.165) is 76.7 Å². The Morgan fingerprint density at radius 2 is 1.74 bits per heavy atom. The van der Waals surface area contributed by atoms with Crippen LogP contribution in [0.25, 0.3) is 0 Å². The lowest BCUT2D eigenvalue weighted by Gasteiger charge is -2.44. The predicted molar refractivity (Wildman–Crippen MR) is 140 cm³/mol. The minimum atomic E-state index is -0.487. The molecule has 0 unspecified atom stereocenters. The van der Waals surface area contributed by atoms with E-state index in [1.807, 2.05) is 47.4 Å². The van der Waals surface area contributed by atoms with Gasteiger partial charge < -0.3 is 14.9 Å². The van der Waals surface area contributed by atoms with Gasteiger partial charge in [0.25, 0.3) is 5.91 Å². The summed E-state index contributed by atoms with van der Waals surface area (Å²) in [4.78, 5) is 17.8. The second-order valence-corrected chi connectivity index (χ2v) is 10.9. The first-order valence-corrected chi connectivity index (χ1v) is 13.3. The largest absolute Gasteiger partial charge is 0.390 e. The molecule has 34 heavy (non-hydrogen) atoms. The van der Waals surface area contributed by atoms with Crippen molar-refractivity contribution in [2.24, 2.45) is 0 Å². The summed E-state index contributed by atoms with van der Waals surface area (Å²) in [5.41, 5.74) is 1.28. The molecule has 2 aromatic carbocycles. The zero-order valence-electron chi connectivity index (χ0n) is 20.1. The fourth-order valence-corrected chi connectivity index (χ4v) is 5.96. The smallest absolute Gasteiger partial charge is 0.253 e. The van der Waals surface area contributed by atoms with Crippen molar-refractivity contribution in [2.45, 2.75) is 62.9 Å². The van der Waals surface area contributed by atoms with E-state index in [2.05, 4.69) is 17.9 Å². The molecule has 1 amide bonds. The van der Waals surface area contributed by atoms with Crippen LogP contribution in [0.5, 0.6) is 0 Å². The van der Waals surface area contributed by atoms with Crippen LogP contribution in [0.2, 0.25) is 10.0 Å². The summed E-state index contributed by atoms with van der Waals surface area (Å²) in [5.74, 6) is 0.0969. The third kappa shape index (κ3) is 5.79. The molecule has 0 aliphatic carbocycles. The number of piperidine rings is 2. The molecule has 0 spiro atoms. The maximum Gasteiger partial charge on any atom is 0.253 e. The molecule has 2 fully saturated rings. The van der Waals surface area contributed by atoms with E-state index >= 15 is 0 Å². The maximum absolute atomic E-state index is 13.3. The molecule has 0 saturated carbocycles. The fraction of sp³-hybridized carbons (Fsp3) is 0.536. The van der Waals surface area contributed by atoms with Gasteiger partial charge in [-0.15, -0.1) is 0 Å². The third-order valence-corrected chi connectivity index (χ3v) is 8.73. The monoisotopic (exact) mass is 502 g/mol. The summed E-state index contributed by atoms with van der Waals surface area (Å²) in [5, 5.41) is 11.7. The van der Waals surface area contributed by atoms with Crippen LogP contribution >= 0.6 is 23.2 Å². The average molecular weight is 504 g/mol. The Morgan fingerprint density at radius 3 is 2.41 bits per heavy atom. The van der Waals surface area contributed by atoms with Gasteiger partial charge in [-0.05, 0) is 81.3 Å². The van der Waals surface area contributed by atoms with E-state index in [9.17, 15) is 9.90 Å². The lowest BCUT2D eigenvalue weighted by molar-refractivity contribution is -0.0244. The second kappa shape index (κ2) is 11.0. The van der Waals surface area contributed by atoms with Crippen molar-refractivity contribution in [3.05, 3.63) is 69.7 Å². The summed E-state index contributed by atoms with van der Waals surface area (Å²) < 4.78 is 0. The molecular formula is C28H36Cl2N2O2. The molecule has 6 heteroatoms. The normalized spacial score (nSPS) is 23.1. The lowest BCUT2D eigenvalue weighted by Crippen LogP contribution is -2.49. The first kappa shape index (κ1) is 25.5. The summed E-state index contributed by atoms with van der Waals surface area (Å²) in [6.45, 7) is 6.44. The van der Waals surface area contributed by atoms with Gasteiger partial charge in [0.2, 0.25) is 0 Å². The van der Waals surface area contributed by atoms with Crippen molar-refractivity contribution >= 4 is 29.1 Å². The number of carbonyl (C=O) groups excluding carboxylic acids is 1. The Bertz CT molecular complexity index is 976. The van der Waals surface area contributed by atoms with Gasteiger partial charge in [-0.3, -0.25) is 4.79 Å². The van der Waals surface area contributed by atoms with Crippen molar-refractivity contribution < 1.29 is 9.90 Å². The molecule has 4 nitrogen and oxygen atoms in total. The van der Waals surface area contributed by atoms with E-state index in [1.165, 1.54) is 5.56 Å². The molecular weight excluding hydrogens is 467 g/mol. The van der Waals surface area contributed by atoms with E-state index in [0.29, 0.717) is 16.6 Å². The molecule has 2 aromatic rings. The number of hydrogen-bond acceptors (Lipinski definition) is 3. The number of amides is 1. The van der Waals surface area contributed by atoms with E-state index in [-0.39, 0.29) is 11.3 Å². The quantitative estimate of drug-likeness (QED) is 0.491. The highest BCUT2D eigenvalue weighted by Gasteiger charge is 2.39. The van der Waals surface area contributed by atoms with Crippen molar-refractivity contribution in [3.8, 4) is 0 Å². The molecule has 2 aliphatic rings. The molecule has 184 valence electrons. The number of carbonyl (C=O) groups is 1. The Kier molecular flexibility index (Phi) is 8.24. The topological polar surface area (TPSA) is 43.8 Å². The van der Waals surface area contributed by atoms with Gasteiger partial charge in [0.05, 0.1) is 15.6 Å². The number of halogens is 2. The Hall–Kier alpha value is -1.59. The lowest BCUT2D eigenvalue weighted by atomic mass is 9.71. The van der Waals surface area contributed by atoms with Crippen molar-refractivity contribution in [3.63, 3.8) is 0 Å². The van der Waals surface area contributed by atoms with Crippen LogP contribution < -0.4 is 0 Å². The summed E-state index contributed by atoms with van der Waals surface area (Å²) in [6.07, 6.45) is 6.54. The molecule has 2 saturated heterocycles. The molecule has 2 heterocycles. The van der Waals surface area contributed by atoms with E-state index < -0.39 is 5.60 Å². The second-order valence-electron chi connectivity index (χ2n) is 10.1. The number of nitrogens with zero attached hydrogens (tertiary/aromatic N) is 2. The Balaban J connectivity index is 1.50. The molecule has 0 bridgehead atoms. The van der Waals surface area contributed by atoms with Gasteiger partial charge >= 0.3 is 0 Å². The molecule has 0 aromatic heterocycles. The van der Waals surface area contributed by atoms with Gasteiger partial charge in [-0.1, -0.05) is 54.4 Å². The SMILES string of the molecule is CCC1(O)CCN(CCC[C@]2(c3ccc(Cl)c(Cl)c3)CCCN(C(=O)c3ccccc3)C2)CC1. The molecule has 0 radical (unpaired) electrons. The standard InChI is InChI=1S/C28H36Cl2N2O2/c1-2-28(34)14-18-31(19-15-28)16-6-12-27(23-10-11-24(29)25(30)20-23)13-7-17-32(21-27)26(33)22-8-4-3-5-9-22/h3-5,8-11,20,34H,2,6-7,12-19,21H2,1H3/t27-/m0/s1. The zero-order valence-corrected chi connectivity index (χ0v) is 21.6. The molecule has 1 N–H and O–H groups in total. The van der Waals surface area contributed by atoms with Gasteiger partial charge in [0, 0.05) is 37.2 Å². The summed E-state index contributed by atoms with van der Waals surface area (Å²) >= 11 is 12.7. The predicted octanol–water partition coefficient (Wildman–Crippen LogP) is 6.18. The Labute approximate surface area is 213 Å². The van der Waals surface area contributed by atoms with Crippen molar-refractivity contribution in [2.75, 3.05) is 32.7 Å². The van der Waals surface area contributed by atoms with Gasteiger partial charge in [-0.2, -0.15) is 0 Å². The van der Waals surface area contributed by atoms with Crippen LogP contribution in [-0.2, 0) is 5.41 Å². The average Bonchev–Trinajstić information content (AvgIpc) is 2.87. The number of hydrogen-bond donors (Lipinski definition) is 1. The minimum Gasteiger partial charge on any atom is -0.390 e. The van der Waals surface area contributed by atoms with Crippen LogP contribution in [0.15, 0.2) is 48.5 Å². The van der Waals surface area contributed by atoms with Crippen LogP contribution in [0.1, 0.15) is 67.8 Å². The molecule has 1 atom stereocenters. The summed E-state index contributed by atoms with van der Waals surface area (Å²) in [6, 6.07) is 15.5. The summed E-state index contributed by atoms with van der Waals surface area (Å²) in [7, 11) is 0. The Morgan fingerprint density at radius 1 is 1.00 bits per heavy atom. The van der Waals surface area contributed by atoms with Crippen LogP contribution in [0, 0.1) is 0 Å². The minimum absolute atomic E-state index is 0.0969. The molecule has 2 aliphatic heterocycles. The highest BCUT2D eigenvalue weighted by molar-refractivity contribution is 6.42. The van der Waals surface area contributed by atoms with E-state index in [1.54, 1.807) is 0 Å². The van der Waals surface area contributed by atoms with Crippen molar-refractivity contribution in [1.82, 2.24) is 9.80 Å². The third-order valence-electron chi connectivity index (χ3n) is 7.99. The maximum atomic E-state index is 13.3. The first-order chi connectivity index (χ1) is 16.3. The number of benzene rings is 2. The zero-order chi connectivity index (χ0) is 24.2. The fourth-order valence-electron chi connectivity index (χ4n) is 5.67. The van der Waals surface area contributed by atoms with Crippen LogP contribution in [0.3, 0.4) is 0 Å². The van der Waals surface area contributed by atoms with Crippen LogP contribution in [-0.4, -0.2) is 59.1 Å². The van der Waals surface area contributed by atoms with Gasteiger partial charge in [-0.25, -0.2) is 0 Å².